The molecule has 12 amide bonds. The standard InChI is InChI=1S/C5H9NO2.5C4H7NO2.3CH4.CH3.6Y/c1-4(7)6(3)5(2)8;5*1-3(6)5-4(2)7;;;;;;;;;;/h1-3H3;5*1-2H3,(H,5,6,7);3*1H4;1H3;;;;;;/q;;;;;;;;;-1;;;;;;/p-5. The summed E-state index contributed by atoms with van der Waals surface area (Å²) in [5.41, 5.74) is 0. The molecule has 0 atom stereocenters. The molecular formula is C29H54N6O12Y6-6. The zero-order valence-electron chi connectivity index (χ0n) is 31.0. The van der Waals surface area contributed by atoms with E-state index in [2.05, 4.69) is 26.6 Å². The Morgan fingerprint density at radius 1 is 0.283 bits per heavy atom. The normalized spacial score (nSPS) is 6.36. The van der Waals surface area contributed by atoms with E-state index in [0.717, 1.165) is 4.90 Å². The van der Waals surface area contributed by atoms with Crippen molar-refractivity contribution in [1.29, 1.82) is 0 Å². The van der Waals surface area contributed by atoms with Gasteiger partial charge in [0.25, 0.3) is 0 Å². The van der Waals surface area contributed by atoms with Crippen LogP contribution in [0, 0.1) is 7.43 Å². The summed E-state index contributed by atoms with van der Waals surface area (Å²) >= 11 is 0. The molecule has 0 aliphatic heterocycles. The molecule has 53 heavy (non-hydrogen) atoms. The Hall–Kier alpha value is 1.46. The van der Waals surface area contributed by atoms with Gasteiger partial charge in [-0.25, -0.2) is 0 Å². The van der Waals surface area contributed by atoms with Crippen LogP contribution < -0.4 is 0 Å². The third-order valence-corrected chi connectivity index (χ3v) is 2.52. The summed E-state index contributed by atoms with van der Waals surface area (Å²) < 4.78 is 0. The molecule has 0 aromatic carbocycles. The monoisotopic (exact) mass is 1210 g/mol. The quantitative estimate of drug-likeness (QED) is 0.301. The van der Waals surface area contributed by atoms with Gasteiger partial charge in [0.05, 0.1) is 59.1 Å². The predicted octanol–water partition coefficient (Wildman–Crippen LogP) is 4.62. The maximum absolute atomic E-state index is 10.3. The first kappa shape index (κ1) is 105. The number of imide groups is 6. The van der Waals surface area contributed by atoms with Crippen LogP contribution in [-0.2, 0) is 254 Å². The van der Waals surface area contributed by atoms with E-state index in [1.54, 1.807) is 0 Å². The summed E-state index contributed by atoms with van der Waals surface area (Å²) in [6, 6.07) is 0. The molecule has 0 saturated carbocycles. The van der Waals surface area contributed by atoms with Crippen molar-refractivity contribution in [3.05, 3.63) is 34.0 Å². The molecule has 6 radical (unpaired) electrons. The minimum Gasteiger partial charge on any atom is -0.596 e. The zero-order valence-corrected chi connectivity index (χ0v) is 48.1. The Bertz CT molecular complexity index is 827. The van der Waals surface area contributed by atoms with Crippen LogP contribution in [0.2, 0.25) is 0 Å². The maximum Gasteiger partial charge on any atom is 0.225 e. The van der Waals surface area contributed by atoms with Crippen LogP contribution in [0.4, 0.5) is 0 Å². The molecule has 0 bridgehead atoms. The van der Waals surface area contributed by atoms with Crippen molar-refractivity contribution in [3.8, 4) is 0 Å². The van der Waals surface area contributed by atoms with Crippen LogP contribution in [0.5, 0.6) is 0 Å². The van der Waals surface area contributed by atoms with Crippen molar-refractivity contribution >= 4 is 70.9 Å². The number of amides is 12. The number of carbonyl (C=O) groups excluding carboxylic acids is 12. The molecule has 0 heterocycles. The molecule has 0 aromatic heterocycles. The predicted molar refractivity (Wildman–Crippen MR) is 179 cm³/mol. The number of carbonyl (C=O) groups is 12. The first-order valence-corrected chi connectivity index (χ1v) is 11.6. The fourth-order valence-electron chi connectivity index (χ4n) is 1.33. The largest absolute Gasteiger partial charge is 0.596 e. The van der Waals surface area contributed by atoms with Crippen molar-refractivity contribution in [2.24, 2.45) is 0 Å². The SMILES string of the molecule is C.C.C.CC(=O)N(C)C(C)=O.CC(=O)[N-]C(C)=O.CC(=O)[N-]C(C)=O.CC(=O)[N-]C(C)=O.CC(=O)[N-]C(C)=O.CC(=O)[N-]C(C)=O.[CH3-].[Y].[Y].[Y].[Y].[Y].[Y]. The molecule has 0 aromatic rings. The molecule has 0 aliphatic rings. The Morgan fingerprint density at radius 2 is 0.358 bits per heavy atom. The topological polar surface area (TPSA) is 279 Å². The van der Waals surface area contributed by atoms with Crippen molar-refractivity contribution in [3.63, 3.8) is 0 Å². The number of hydrogen-bond donors (Lipinski definition) is 0. The second kappa shape index (κ2) is 71.2. The molecule has 0 unspecified atom stereocenters. The second-order valence-electron chi connectivity index (χ2n) is 7.35. The fraction of sp³-hybridized carbons (Fsp3) is 0.552. The summed E-state index contributed by atoms with van der Waals surface area (Å²) in [6.45, 7) is 15.1. The number of nitrogens with zero attached hydrogens (tertiary/aromatic N) is 6. The van der Waals surface area contributed by atoms with E-state index in [9.17, 15) is 57.5 Å². The summed E-state index contributed by atoms with van der Waals surface area (Å²) in [7, 11) is 1.45. The fourth-order valence-corrected chi connectivity index (χ4v) is 1.33. The first-order chi connectivity index (χ1) is 19.2. The Kier molecular flexibility index (Phi) is 141. The van der Waals surface area contributed by atoms with E-state index in [4.69, 9.17) is 0 Å². The number of rotatable bonds is 0. The van der Waals surface area contributed by atoms with Crippen LogP contribution in [-0.4, -0.2) is 82.8 Å². The molecular weight excluding hydrogens is 1160 g/mol. The van der Waals surface area contributed by atoms with Crippen LogP contribution in [0.3, 0.4) is 0 Å². The third kappa shape index (κ3) is 163. The minimum atomic E-state index is -0.437. The van der Waals surface area contributed by atoms with Gasteiger partial charge in [0, 0.05) is 217 Å². The van der Waals surface area contributed by atoms with Gasteiger partial charge in [-0.3, -0.25) is 14.5 Å². The summed E-state index contributed by atoms with van der Waals surface area (Å²) in [6.07, 6.45) is 0. The van der Waals surface area contributed by atoms with E-state index >= 15 is 0 Å². The molecule has 0 N–H and O–H groups in total. The van der Waals surface area contributed by atoms with E-state index < -0.39 is 59.1 Å². The minimum absolute atomic E-state index is 0. The molecule has 0 fully saturated rings. The van der Waals surface area contributed by atoms with E-state index in [1.165, 1.54) is 90.1 Å². The van der Waals surface area contributed by atoms with Gasteiger partial charge in [-0.1, -0.05) is 22.3 Å². The van der Waals surface area contributed by atoms with Crippen LogP contribution in [0.1, 0.15) is 105 Å². The van der Waals surface area contributed by atoms with Crippen molar-refractivity contribution in [2.75, 3.05) is 7.05 Å². The average Bonchev–Trinajstić information content (AvgIpc) is 2.70. The van der Waals surface area contributed by atoms with Crippen molar-refractivity contribution in [2.45, 2.75) is 105 Å². The summed E-state index contributed by atoms with van der Waals surface area (Å²) in [5, 5.41) is 15.0. The third-order valence-electron chi connectivity index (χ3n) is 2.52. The Labute approximate surface area is 468 Å². The number of hydrogen-bond acceptors (Lipinski definition) is 12. The van der Waals surface area contributed by atoms with E-state index in [-0.39, 0.29) is 238 Å². The van der Waals surface area contributed by atoms with Crippen molar-refractivity contribution < 1.29 is 254 Å². The van der Waals surface area contributed by atoms with E-state index in [0.29, 0.717) is 0 Å². The van der Waals surface area contributed by atoms with Gasteiger partial charge in [-0.05, 0) is 69.2 Å². The molecule has 18 nitrogen and oxygen atoms in total. The van der Waals surface area contributed by atoms with Gasteiger partial charge in [-0.15, -0.1) is 0 Å². The molecule has 0 rings (SSSR count). The molecule has 0 spiro atoms. The summed E-state index contributed by atoms with van der Waals surface area (Å²) in [5.74, 6) is -4.82. The second-order valence-corrected chi connectivity index (χ2v) is 7.35. The first-order valence-electron chi connectivity index (χ1n) is 11.6. The van der Waals surface area contributed by atoms with Crippen LogP contribution in [0.25, 0.3) is 26.6 Å². The Balaban J connectivity index is -0.0000000213. The molecule has 296 valence electrons. The van der Waals surface area contributed by atoms with Gasteiger partial charge in [-0.2, -0.15) is 0 Å². The molecule has 0 aliphatic carbocycles. The molecule has 24 heteroatoms. The van der Waals surface area contributed by atoms with Gasteiger partial charge in [0.15, 0.2) is 0 Å². The van der Waals surface area contributed by atoms with Gasteiger partial charge in [0.1, 0.15) is 0 Å². The van der Waals surface area contributed by atoms with Gasteiger partial charge >= 0.3 is 0 Å². The smallest absolute Gasteiger partial charge is 0.225 e. The summed E-state index contributed by atoms with van der Waals surface area (Å²) in [4.78, 5) is 120. The Morgan fingerprint density at radius 3 is 0.358 bits per heavy atom. The van der Waals surface area contributed by atoms with Crippen molar-refractivity contribution in [1.82, 2.24) is 4.90 Å². The molecule has 0 saturated heterocycles. The zero-order chi connectivity index (χ0) is 36.0. The van der Waals surface area contributed by atoms with Crippen LogP contribution in [0.15, 0.2) is 0 Å². The van der Waals surface area contributed by atoms with Crippen LogP contribution >= 0.6 is 0 Å². The van der Waals surface area contributed by atoms with Gasteiger partial charge < -0.3 is 82.0 Å². The van der Waals surface area contributed by atoms with Gasteiger partial charge in [0.2, 0.25) is 11.8 Å². The maximum atomic E-state index is 10.3. The average molecular weight is 1210 g/mol. The van der Waals surface area contributed by atoms with E-state index in [1.807, 2.05) is 0 Å².